The van der Waals surface area contributed by atoms with Gasteiger partial charge in [0, 0.05) is 5.69 Å². The summed E-state index contributed by atoms with van der Waals surface area (Å²) in [6, 6.07) is 16.6. The van der Waals surface area contributed by atoms with Crippen LogP contribution in [0.3, 0.4) is 0 Å². The van der Waals surface area contributed by atoms with Crippen LogP contribution in [0.25, 0.3) is 5.57 Å². The highest BCUT2D eigenvalue weighted by Crippen LogP contribution is 2.32. The lowest BCUT2D eigenvalue weighted by Crippen LogP contribution is -2.31. The number of rotatable bonds is 8. The molecule has 2 amide bonds. The van der Waals surface area contributed by atoms with E-state index in [-0.39, 0.29) is 24.1 Å². The van der Waals surface area contributed by atoms with Crippen LogP contribution >= 0.6 is 0 Å². The van der Waals surface area contributed by atoms with E-state index < -0.39 is 0 Å². The Morgan fingerprint density at radius 2 is 1.75 bits per heavy atom. The van der Waals surface area contributed by atoms with Crippen LogP contribution in [0.1, 0.15) is 35.8 Å². The van der Waals surface area contributed by atoms with E-state index in [2.05, 4.69) is 5.32 Å². The number of furan rings is 1. The summed E-state index contributed by atoms with van der Waals surface area (Å²) in [4.78, 5) is 27.9. The summed E-state index contributed by atoms with van der Waals surface area (Å²) in [5.74, 6) is 0.525. The van der Waals surface area contributed by atoms with Crippen molar-refractivity contribution in [2.45, 2.75) is 33.7 Å². The van der Waals surface area contributed by atoms with Crippen molar-refractivity contribution in [3.05, 3.63) is 89.0 Å². The van der Waals surface area contributed by atoms with E-state index >= 15 is 0 Å². The van der Waals surface area contributed by atoms with Gasteiger partial charge in [-0.05, 0) is 73.4 Å². The zero-order valence-corrected chi connectivity index (χ0v) is 18.5. The highest BCUT2D eigenvalue weighted by Gasteiger charge is 2.39. The van der Waals surface area contributed by atoms with Crippen molar-refractivity contribution in [2.24, 2.45) is 0 Å². The minimum absolute atomic E-state index is 0.0734. The Kier molecular flexibility index (Phi) is 6.12. The molecule has 0 bridgehead atoms. The standard InChI is InChI=1S/C26H26N2O4/c1-4-13-31-21-11-8-19(9-12-21)23-24(27-20-10-7-17(2)18(3)15-20)26(30)28(25(23)29)16-22-6-5-14-32-22/h5-12,14-15,27H,4,13,16H2,1-3H3. The Hall–Kier alpha value is -3.80. The first-order valence-electron chi connectivity index (χ1n) is 10.7. The lowest BCUT2D eigenvalue weighted by Gasteiger charge is -2.14. The van der Waals surface area contributed by atoms with E-state index in [9.17, 15) is 9.59 Å². The molecule has 6 nitrogen and oxygen atoms in total. The lowest BCUT2D eigenvalue weighted by molar-refractivity contribution is -0.137. The summed E-state index contributed by atoms with van der Waals surface area (Å²) in [5, 5.41) is 3.20. The smallest absolute Gasteiger partial charge is 0.278 e. The number of nitrogens with one attached hydrogen (secondary N) is 1. The van der Waals surface area contributed by atoms with Gasteiger partial charge in [0.2, 0.25) is 0 Å². The summed E-state index contributed by atoms with van der Waals surface area (Å²) in [5.41, 5.74) is 4.25. The molecule has 3 aromatic rings. The Bertz CT molecular complexity index is 1160. The van der Waals surface area contributed by atoms with Crippen LogP contribution in [-0.2, 0) is 16.1 Å². The van der Waals surface area contributed by atoms with Crippen molar-refractivity contribution in [3.63, 3.8) is 0 Å². The number of benzene rings is 2. The SMILES string of the molecule is CCCOc1ccc(C2=C(Nc3ccc(C)c(C)c3)C(=O)N(Cc3ccco3)C2=O)cc1. The molecule has 32 heavy (non-hydrogen) atoms. The number of hydrogen-bond acceptors (Lipinski definition) is 5. The van der Waals surface area contributed by atoms with Crippen molar-refractivity contribution in [2.75, 3.05) is 11.9 Å². The van der Waals surface area contributed by atoms with Gasteiger partial charge in [-0.15, -0.1) is 0 Å². The molecule has 2 aromatic carbocycles. The molecule has 0 spiro atoms. The second kappa shape index (κ2) is 9.14. The van der Waals surface area contributed by atoms with Gasteiger partial charge in [-0.2, -0.15) is 0 Å². The highest BCUT2D eigenvalue weighted by atomic mass is 16.5. The summed E-state index contributed by atoms with van der Waals surface area (Å²) in [6.45, 7) is 6.78. The maximum absolute atomic E-state index is 13.4. The first-order chi connectivity index (χ1) is 15.5. The van der Waals surface area contributed by atoms with Gasteiger partial charge in [0.05, 0.1) is 25.0 Å². The van der Waals surface area contributed by atoms with Crippen LogP contribution in [0.2, 0.25) is 0 Å². The van der Waals surface area contributed by atoms with Crippen molar-refractivity contribution in [3.8, 4) is 5.75 Å². The molecule has 0 saturated heterocycles. The molecule has 6 heteroatoms. The summed E-state index contributed by atoms with van der Waals surface area (Å²) < 4.78 is 11.0. The van der Waals surface area contributed by atoms with Crippen LogP contribution in [0.4, 0.5) is 5.69 Å². The molecule has 0 aliphatic carbocycles. The Morgan fingerprint density at radius 3 is 2.41 bits per heavy atom. The quantitative estimate of drug-likeness (QED) is 0.505. The number of carbonyl (C=O) groups is 2. The van der Waals surface area contributed by atoms with Gasteiger partial charge in [-0.1, -0.05) is 25.1 Å². The number of amides is 2. The number of anilines is 1. The van der Waals surface area contributed by atoms with Gasteiger partial charge in [0.15, 0.2) is 0 Å². The molecule has 1 N–H and O–H groups in total. The lowest BCUT2D eigenvalue weighted by atomic mass is 10.0. The molecule has 0 saturated carbocycles. The molecule has 1 aromatic heterocycles. The number of ether oxygens (including phenoxy) is 1. The monoisotopic (exact) mass is 430 g/mol. The van der Waals surface area contributed by atoms with Crippen molar-refractivity contribution < 1.29 is 18.7 Å². The van der Waals surface area contributed by atoms with Gasteiger partial charge in [-0.3, -0.25) is 14.5 Å². The van der Waals surface area contributed by atoms with Crippen LogP contribution in [0, 0.1) is 13.8 Å². The van der Waals surface area contributed by atoms with E-state index in [1.54, 1.807) is 12.1 Å². The van der Waals surface area contributed by atoms with Crippen molar-refractivity contribution >= 4 is 23.1 Å². The van der Waals surface area contributed by atoms with Crippen LogP contribution in [-0.4, -0.2) is 23.3 Å². The third-order valence-electron chi connectivity index (χ3n) is 5.45. The molecular formula is C26H26N2O4. The van der Waals surface area contributed by atoms with E-state index in [0.717, 1.165) is 29.0 Å². The third kappa shape index (κ3) is 4.30. The molecule has 1 aliphatic heterocycles. The van der Waals surface area contributed by atoms with E-state index in [4.69, 9.17) is 9.15 Å². The largest absolute Gasteiger partial charge is 0.494 e. The zero-order valence-electron chi connectivity index (χ0n) is 18.5. The topological polar surface area (TPSA) is 71.8 Å². The summed E-state index contributed by atoms with van der Waals surface area (Å²) in [6.07, 6.45) is 2.43. The fraction of sp³-hybridized carbons (Fsp3) is 0.231. The molecule has 1 aliphatic rings. The van der Waals surface area contributed by atoms with Crippen LogP contribution in [0.15, 0.2) is 71.0 Å². The van der Waals surface area contributed by atoms with Crippen LogP contribution < -0.4 is 10.1 Å². The average molecular weight is 431 g/mol. The van der Waals surface area contributed by atoms with Gasteiger partial charge < -0.3 is 14.5 Å². The van der Waals surface area contributed by atoms with Crippen LogP contribution in [0.5, 0.6) is 5.75 Å². The van der Waals surface area contributed by atoms with E-state index in [0.29, 0.717) is 23.5 Å². The Balaban J connectivity index is 1.71. The molecule has 0 unspecified atom stereocenters. The molecule has 0 atom stereocenters. The van der Waals surface area contributed by atoms with Gasteiger partial charge in [-0.25, -0.2) is 0 Å². The average Bonchev–Trinajstić information content (AvgIpc) is 3.38. The molecular weight excluding hydrogens is 404 g/mol. The van der Waals surface area contributed by atoms with E-state index in [1.807, 2.05) is 63.2 Å². The number of aryl methyl sites for hydroxylation is 2. The maximum atomic E-state index is 13.4. The molecule has 0 radical (unpaired) electrons. The number of nitrogens with zero attached hydrogens (tertiary/aromatic N) is 1. The second-order valence-corrected chi connectivity index (χ2v) is 7.82. The van der Waals surface area contributed by atoms with Gasteiger partial charge >= 0.3 is 0 Å². The minimum atomic E-state index is -0.383. The summed E-state index contributed by atoms with van der Waals surface area (Å²) >= 11 is 0. The zero-order chi connectivity index (χ0) is 22.7. The third-order valence-corrected chi connectivity index (χ3v) is 5.45. The second-order valence-electron chi connectivity index (χ2n) is 7.82. The molecule has 164 valence electrons. The predicted octanol–water partition coefficient (Wildman–Crippen LogP) is 5.08. The molecule has 2 heterocycles. The number of carbonyl (C=O) groups excluding carboxylic acids is 2. The first kappa shape index (κ1) is 21.4. The molecule has 4 rings (SSSR count). The normalized spacial score (nSPS) is 13.8. The van der Waals surface area contributed by atoms with Crippen molar-refractivity contribution in [1.82, 2.24) is 4.90 Å². The Labute approximate surface area is 187 Å². The fourth-order valence-electron chi connectivity index (χ4n) is 3.56. The number of imide groups is 1. The fourth-order valence-corrected chi connectivity index (χ4v) is 3.56. The maximum Gasteiger partial charge on any atom is 0.278 e. The minimum Gasteiger partial charge on any atom is -0.494 e. The summed E-state index contributed by atoms with van der Waals surface area (Å²) in [7, 11) is 0. The number of hydrogen-bond donors (Lipinski definition) is 1. The first-order valence-corrected chi connectivity index (χ1v) is 10.7. The van der Waals surface area contributed by atoms with Crippen molar-refractivity contribution in [1.29, 1.82) is 0 Å². The molecule has 0 fully saturated rings. The predicted molar refractivity (Wildman–Crippen MR) is 123 cm³/mol. The van der Waals surface area contributed by atoms with Gasteiger partial charge in [0.25, 0.3) is 11.8 Å². The van der Waals surface area contributed by atoms with E-state index in [1.165, 1.54) is 11.2 Å². The highest BCUT2D eigenvalue weighted by molar-refractivity contribution is 6.36. The van der Waals surface area contributed by atoms with Gasteiger partial charge in [0.1, 0.15) is 17.2 Å². The Morgan fingerprint density at radius 1 is 0.969 bits per heavy atom.